The Kier molecular flexibility index (Phi) is 2.12. The molecule has 1 saturated heterocycles. The van der Waals surface area contributed by atoms with Crippen molar-refractivity contribution in [3.63, 3.8) is 0 Å². The zero-order valence-electron chi connectivity index (χ0n) is 10.9. The van der Waals surface area contributed by atoms with Gasteiger partial charge in [-0.25, -0.2) is 0 Å². The first-order valence-electron chi connectivity index (χ1n) is 6.79. The van der Waals surface area contributed by atoms with Crippen LogP contribution >= 0.6 is 0 Å². The standard InChI is InChI=1S/C15H24O/c1-10(2)11-5-7-14(3)8-6-13-15(4,16-13)12(14)9-11/h11-13H,1,5-9H2,2-4H3/t11-,12+,13+,14-,15-/m1/s1. The van der Waals surface area contributed by atoms with E-state index in [1.54, 1.807) is 0 Å². The highest BCUT2D eigenvalue weighted by atomic mass is 16.6. The number of allylic oxidation sites excluding steroid dienone is 1. The molecule has 90 valence electrons. The van der Waals surface area contributed by atoms with Crippen LogP contribution in [0.1, 0.15) is 52.9 Å². The maximum absolute atomic E-state index is 6.00. The van der Waals surface area contributed by atoms with Crippen LogP contribution in [-0.4, -0.2) is 11.7 Å². The smallest absolute Gasteiger partial charge is 0.0953 e. The van der Waals surface area contributed by atoms with Crippen molar-refractivity contribution in [2.75, 3.05) is 0 Å². The second-order valence-corrected chi connectivity index (χ2v) is 6.85. The molecule has 3 fully saturated rings. The molecule has 0 bridgehead atoms. The summed E-state index contributed by atoms with van der Waals surface area (Å²) in [6.45, 7) is 11.2. The zero-order valence-corrected chi connectivity index (χ0v) is 10.9. The second-order valence-electron chi connectivity index (χ2n) is 6.85. The monoisotopic (exact) mass is 220 g/mol. The van der Waals surface area contributed by atoms with Gasteiger partial charge in [-0.15, -0.1) is 0 Å². The lowest BCUT2D eigenvalue weighted by atomic mass is 9.54. The lowest BCUT2D eigenvalue weighted by Gasteiger charge is -2.49. The van der Waals surface area contributed by atoms with E-state index in [4.69, 9.17) is 4.74 Å². The number of rotatable bonds is 1. The van der Waals surface area contributed by atoms with Crippen molar-refractivity contribution in [1.82, 2.24) is 0 Å². The maximum Gasteiger partial charge on any atom is 0.0953 e. The summed E-state index contributed by atoms with van der Waals surface area (Å²) < 4.78 is 6.00. The van der Waals surface area contributed by atoms with Gasteiger partial charge in [-0.3, -0.25) is 0 Å². The van der Waals surface area contributed by atoms with Crippen LogP contribution in [-0.2, 0) is 4.74 Å². The molecule has 2 saturated carbocycles. The molecule has 16 heavy (non-hydrogen) atoms. The molecule has 1 heterocycles. The van der Waals surface area contributed by atoms with Crippen LogP contribution in [0.15, 0.2) is 12.2 Å². The molecule has 3 aliphatic rings. The molecule has 1 heteroatoms. The molecule has 0 radical (unpaired) electrons. The van der Waals surface area contributed by atoms with Gasteiger partial charge in [0.05, 0.1) is 11.7 Å². The summed E-state index contributed by atoms with van der Waals surface area (Å²) in [6.07, 6.45) is 7.29. The van der Waals surface area contributed by atoms with Gasteiger partial charge in [0.2, 0.25) is 0 Å². The Hall–Kier alpha value is -0.300. The Bertz CT molecular complexity index is 334. The van der Waals surface area contributed by atoms with E-state index in [1.807, 2.05) is 0 Å². The van der Waals surface area contributed by atoms with Crippen LogP contribution in [0.2, 0.25) is 0 Å². The number of ether oxygens (including phenoxy) is 1. The summed E-state index contributed by atoms with van der Waals surface area (Å²) in [5, 5.41) is 0. The first-order chi connectivity index (χ1) is 7.46. The summed E-state index contributed by atoms with van der Waals surface area (Å²) in [5.41, 5.74) is 2.16. The quantitative estimate of drug-likeness (QED) is 0.482. The Morgan fingerprint density at radius 2 is 1.94 bits per heavy atom. The normalized spacial score (nSPS) is 55.1. The van der Waals surface area contributed by atoms with E-state index >= 15 is 0 Å². The fraction of sp³-hybridized carbons (Fsp3) is 0.867. The number of hydrogen-bond acceptors (Lipinski definition) is 1. The average molecular weight is 220 g/mol. The maximum atomic E-state index is 6.00. The van der Waals surface area contributed by atoms with E-state index in [9.17, 15) is 0 Å². The molecule has 0 N–H and O–H groups in total. The van der Waals surface area contributed by atoms with Crippen LogP contribution in [0, 0.1) is 17.3 Å². The van der Waals surface area contributed by atoms with Gasteiger partial charge in [0.1, 0.15) is 0 Å². The second kappa shape index (κ2) is 3.13. The van der Waals surface area contributed by atoms with Gasteiger partial charge in [-0.1, -0.05) is 19.1 Å². The van der Waals surface area contributed by atoms with Gasteiger partial charge in [0, 0.05) is 0 Å². The molecule has 0 aromatic rings. The molecule has 0 aromatic heterocycles. The largest absolute Gasteiger partial charge is 0.366 e. The van der Waals surface area contributed by atoms with Crippen molar-refractivity contribution in [3.05, 3.63) is 12.2 Å². The number of epoxide rings is 1. The molecule has 2 aliphatic carbocycles. The third kappa shape index (κ3) is 1.33. The van der Waals surface area contributed by atoms with E-state index in [2.05, 4.69) is 27.4 Å². The van der Waals surface area contributed by atoms with E-state index in [1.165, 1.54) is 37.7 Å². The van der Waals surface area contributed by atoms with E-state index in [0.29, 0.717) is 11.5 Å². The molecule has 5 atom stereocenters. The third-order valence-corrected chi connectivity index (χ3v) is 5.77. The number of fused-ring (bicyclic) bond motifs is 3. The van der Waals surface area contributed by atoms with Gasteiger partial charge in [-0.05, 0) is 63.2 Å². The van der Waals surface area contributed by atoms with E-state index in [-0.39, 0.29) is 5.60 Å². The van der Waals surface area contributed by atoms with Crippen LogP contribution in [0.3, 0.4) is 0 Å². The average Bonchev–Trinajstić information content (AvgIpc) is 2.89. The molecule has 0 unspecified atom stereocenters. The van der Waals surface area contributed by atoms with E-state index < -0.39 is 0 Å². The Labute approximate surface area is 99.3 Å². The van der Waals surface area contributed by atoms with Gasteiger partial charge >= 0.3 is 0 Å². The molecule has 3 rings (SSSR count). The van der Waals surface area contributed by atoms with Crippen LogP contribution in [0.25, 0.3) is 0 Å². The van der Waals surface area contributed by atoms with Gasteiger partial charge in [-0.2, -0.15) is 0 Å². The van der Waals surface area contributed by atoms with Crippen LogP contribution in [0.4, 0.5) is 0 Å². The molecule has 0 spiro atoms. The molecule has 1 nitrogen and oxygen atoms in total. The van der Waals surface area contributed by atoms with Crippen molar-refractivity contribution in [3.8, 4) is 0 Å². The Balaban J connectivity index is 1.85. The topological polar surface area (TPSA) is 12.5 Å². The highest BCUT2D eigenvalue weighted by Gasteiger charge is 2.65. The molecule has 1 aliphatic heterocycles. The predicted molar refractivity (Wildman–Crippen MR) is 66.3 cm³/mol. The van der Waals surface area contributed by atoms with Crippen molar-refractivity contribution in [1.29, 1.82) is 0 Å². The van der Waals surface area contributed by atoms with Gasteiger partial charge < -0.3 is 4.74 Å². The van der Waals surface area contributed by atoms with Crippen molar-refractivity contribution in [2.24, 2.45) is 17.3 Å². The molecule has 0 aromatic carbocycles. The highest BCUT2D eigenvalue weighted by molar-refractivity contribution is 5.16. The zero-order chi connectivity index (χ0) is 11.6. The number of hydrogen-bond donors (Lipinski definition) is 0. The fourth-order valence-corrected chi connectivity index (χ4v) is 4.42. The summed E-state index contributed by atoms with van der Waals surface area (Å²) in [6, 6.07) is 0. The summed E-state index contributed by atoms with van der Waals surface area (Å²) >= 11 is 0. The Morgan fingerprint density at radius 1 is 1.25 bits per heavy atom. The van der Waals surface area contributed by atoms with E-state index in [0.717, 1.165) is 11.8 Å². The predicted octanol–water partition coefficient (Wildman–Crippen LogP) is 3.94. The first kappa shape index (κ1) is 10.8. The minimum Gasteiger partial charge on any atom is -0.366 e. The van der Waals surface area contributed by atoms with Crippen molar-refractivity contribution >= 4 is 0 Å². The van der Waals surface area contributed by atoms with Gasteiger partial charge in [0.15, 0.2) is 0 Å². The van der Waals surface area contributed by atoms with Gasteiger partial charge in [0.25, 0.3) is 0 Å². The molecular weight excluding hydrogens is 196 g/mol. The first-order valence-corrected chi connectivity index (χ1v) is 6.79. The lowest BCUT2D eigenvalue weighted by Crippen LogP contribution is -2.46. The fourth-order valence-electron chi connectivity index (χ4n) is 4.42. The lowest BCUT2D eigenvalue weighted by molar-refractivity contribution is 0.0173. The molecule has 0 amide bonds. The minimum absolute atomic E-state index is 0.223. The minimum atomic E-state index is 0.223. The SMILES string of the molecule is C=C(C)[C@@H]1CC[C@]2(C)CC[C@@H]3O[C@]3(C)[C@H]2C1. The third-order valence-electron chi connectivity index (χ3n) is 5.77. The highest BCUT2D eigenvalue weighted by Crippen LogP contribution is 2.63. The van der Waals surface area contributed by atoms with Crippen LogP contribution in [0.5, 0.6) is 0 Å². The summed E-state index contributed by atoms with van der Waals surface area (Å²) in [7, 11) is 0. The van der Waals surface area contributed by atoms with Crippen molar-refractivity contribution in [2.45, 2.75) is 64.6 Å². The van der Waals surface area contributed by atoms with Crippen molar-refractivity contribution < 1.29 is 4.74 Å². The summed E-state index contributed by atoms with van der Waals surface area (Å²) in [5.74, 6) is 1.52. The van der Waals surface area contributed by atoms with Crippen LogP contribution < -0.4 is 0 Å². The molecular formula is C15H24O. The summed E-state index contributed by atoms with van der Waals surface area (Å²) in [4.78, 5) is 0. The Morgan fingerprint density at radius 3 is 2.62 bits per heavy atom.